The fourth-order valence-corrected chi connectivity index (χ4v) is 0.285. The summed E-state index contributed by atoms with van der Waals surface area (Å²) in [5.41, 5.74) is 5.16. The Labute approximate surface area is 48.5 Å². The smallest absolute Gasteiger partial charge is 0.320 e. The third-order valence-electron chi connectivity index (χ3n) is 1.00. The predicted octanol–water partition coefficient (Wildman–Crippen LogP) is 0.0543. The Morgan fingerprint density at radius 3 is 2.00 bits per heavy atom. The minimum Gasteiger partial charge on any atom is -0.480 e. The van der Waals surface area contributed by atoms with Gasteiger partial charge in [-0.15, -0.1) is 0 Å². The molecule has 3 nitrogen and oxygen atoms in total. The minimum atomic E-state index is -0.931. The molecule has 0 aromatic heterocycles. The highest BCUT2D eigenvalue weighted by Crippen LogP contribution is 1.96. The van der Waals surface area contributed by atoms with E-state index in [1.807, 2.05) is 0 Å². The average molecular weight is 119 g/mol. The second-order valence-corrected chi connectivity index (χ2v) is 2.11. The molecule has 3 heteroatoms. The van der Waals surface area contributed by atoms with Crippen molar-refractivity contribution in [1.82, 2.24) is 0 Å². The van der Waals surface area contributed by atoms with Crippen LogP contribution in [0.2, 0.25) is 0 Å². The highest BCUT2D eigenvalue weighted by Gasteiger charge is 2.14. The van der Waals surface area contributed by atoms with Gasteiger partial charge >= 0.3 is 5.97 Å². The number of carboxylic acids is 1. The molecule has 0 aliphatic heterocycles. The van der Waals surface area contributed by atoms with Crippen molar-refractivity contribution < 1.29 is 9.90 Å². The van der Waals surface area contributed by atoms with Gasteiger partial charge in [0.25, 0.3) is 0 Å². The molecule has 0 amide bonds. The van der Waals surface area contributed by atoms with Crippen LogP contribution in [0, 0.1) is 5.92 Å². The van der Waals surface area contributed by atoms with Crippen LogP contribution >= 0.6 is 0 Å². The molecule has 0 fully saturated rings. The maximum Gasteiger partial charge on any atom is 0.320 e. The van der Waals surface area contributed by atoms with Crippen LogP contribution in [0.1, 0.15) is 13.8 Å². The summed E-state index contributed by atoms with van der Waals surface area (Å²) in [5.74, 6) is -0.910. The standard InChI is InChI=1S/C5H11NO2/c1-3(2)4(6)5(7)8/h3-4H,6H2,1-2H3,(H,7,8)/t4-/m0/s1/i5+1,6+1. The lowest BCUT2D eigenvalue weighted by Crippen LogP contribution is -2.34. The van der Waals surface area contributed by atoms with E-state index in [-0.39, 0.29) is 5.92 Å². The van der Waals surface area contributed by atoms with E-state index in [1.54, 1.807) is 13.8 Å². The number of rotatable bonds is 2. The number of nitrogens with two attached hydrogens (primary N) is 1. The monoisotopic (exact) mass is 119 g/mol. The molecule has 0 spiro atoms. The third-order valence-corrected chi connectivity index (χ3v) is 1.00. The van der Waals surface area contributed by atoms with Crippen LogP contribution in [0.25, 0.3) is 0 Å². The van der Waals surface area contributed by atoms with E-state index in [0.29, 0.717) is 0 Å². The summed E-state index contributed by atoms with van der Waals surface area (Å²) < 4.78 is 0. The predicted molar refractivity (Wildman–Crippen MR) is 30.4 cm³/mol. The lowest BCUT2D eigenvalue weighted by Gasteiger charge is -2.07. The molecular formula is C5H11NO2. The lowest BCUT2D eigenvalue weighted by molar-refractivity contribution is -0.139. The molecule has 0 saturated carbocycles. The van der Waals surface area contributed by atoms with Crippen molar-refractivity contribution in [2.24, 2.45) is 11.7 Å². The first-order valence-electron chi connectivity index (χ1n) is 2.54. The van der Waals surface area contributed by atoms with Crippen LogP contribution in [0.5, 0.6) is 0 Å². The second-order valence-electron chi connectivity index (χ2n) is 2.11. The molecule has 48 valence electrons. The van der Waals surface area contributed by atoms with Gasteiger partial charge in [0.1, 0.15) is 6.04 Å². The molecule has 0 rings (SSSR count). The molecule has 3 N–H and O–H groups in total. The second kappa shape index (κ2) is 2.67. The van der Waals surface area contributed by atoms with Crippen molar-refractivity contribution in [2.45, 2.75) is 19.9 Å². The van der Waals surface area contributed by atoms with Crippen LogP contribution in [0.3, 0.4) is 0 Å². The van der Waals surface area contributed by atoms with E-state index in [9.17, 15) is 4.79 Å². The number of carboxylic acid groups (broad SMARTS) is 1. The van der Waals surface area contributed by atoms with Gasteiger partial charge in [-0.1, -0.05) is 13.8 Å². The number of hydrogen-bond donors (Lipinski definition) is 2. The molecule has 0 radical (unpaired) electrons. The Hall–Kier alpha value is -0.570. The van der Waals surface area contributed by atoms with Crippen LogP contribution in [0.4, 0.5) is 0 Å². The van der Waals surface area contributed by atoms with Gasteiger partial charge in [0.15, 0.2) is 0 Å². The van der Waals surface area contributed by atoms with Crippen LogP contribution in [0.15, 0.2) is 0 Å². The molecule has 8 heavy (non-hydrogen) atoms. The quantitative estimate of drug-likeness (QED) is 0.399. The van der Waals surface area contributed by atoms with E-state index in [0.717, 1.165) is 0 Å². The van der Waals surface area contributed by atoms with Gasteiger partial charge < -0.3 is 10.8 Å². The third kappa shape index (κ3) is 1.93. The fourth-order valence-electron chi connectivity index (χ4n) is 0.285. The van der Waals surface area contributed by atoms with E-state index in [1.165, 1.54) is 0 Å². The first-order chi connectivity index (χ1) is 3.55. The number of hydrogen-bond acceptors (Lipinski definition) is 2. The first-order valence-corrected chi connectivity index (χ1v) is 2.54. The van der Waals surface area contributed by atoms with Crippen LogP contribution in [-0.4, -0.2) is 17.1 Å². The minimum absolute atomic E-state index is 0.0208. The first kappa shape index (κ1) is 7.43. The summed E-state index contributed by atoms with van der Waals surface area (Å²) in [6.07, 6.45) is 0. The Morgan fingerprint density at radius 2 is 2.00 bits per heavy atom. The summed E-state index contributed by atoms with van der Waals surface area (Å²) in [7, 11) is 0. The van der Waals surface area contributed by atoms with Crippen LogP contribution in [-0.2, 0) is 4.79 Å². The molecule has 0 aliphatic carbocycles. The Morgan fingerprint density at radius 1 is 1.62 bits per heavy atom. The average Bonchev–Trinajstić information content (AvgIpc) is 1.64. The molecule has 0 saturated heterocycles. The van der Waals surface area contributed by atoms with Crippen molar-refractivity contribution in [3.05, 3.63) is 0 Å². The zero-order valence-corrected chi connectivity index (χ0v) is 5.09. The van der Waals surface area contributed by atoms with E-state index in [4.69, 9.17) is 10.8 Å². The van der Waals surface area contributed by atoms with Gasteiger partial charge in [0.05, 0.1) is 0 Å². The molecule has 0 bridgehead atoms. The summed E-state index contributed by atoms with van der Waals surface area (Å²) in [6.45, 7) is 3.55. The van der Waals surface area contributed by atoms with Crippen molar-refractivity contribution in [3.63, 3.8) is 0 Å². The number of carbonyl (C=O) groups is 1. The summed E-state index contributed by atoms with van der Waals surface area (Å²) >= 11 is 0. The van der Waals surface area contributed by atoms with Gasteiger partial charge in [-0.25, -0.2) is 0 Å². The Balaban J connectivity index is 3.64. The topological polar surface area (TPSA) is 63.3 Å². The maximum absolute atomic E-state index is 10.0. The van der Waals surface area contributed by atoms with Gasteiger partial charge in [0.2, 0.25) is 0 Å². The van der Waals surface area contributed by atoms with E-state index in [2.05, 4.69) is 0 Å². The van der Waals surface area contributed by atoms with Crippen molar-refractivity contribution >= 4 is 5.97 Å². The largest absolute Gasteiger partial charge is 0.480 e. The highest BCUT2D eigenvalue weighted by atomic mass is 16.5. The molecule has 0 aliphatic rings. The number of aliphatic carboxylic acids is 1. The maximum atomic E-state index is 10.0. The van der Waals surface area contributed by atoms with Crippen LogP contribution < -0.4 is 5.73 Å². The normalized spacial score (nSPS) is 14.0. The zero-order chi connectivity index (χ0) is 6.73. The van der Waals surface area contributed by atoms with Crippen molar-refractivity contribution in [2.75, 3.05) is 0 Å². The molecule has 1 atom stereocenters. The Kier molecular flexibility index (Phi) is 2.48. The van der Waals surface area contributed by atoms with Crippen molar-refractivity contribution in [1.29, 1.82) is 0 Å². The summed E-state index contributed by atoms with van der Waals surface area (Å²) in [4.78, 5) is 10.0. The van der Waals surface area contributed by atoms with E-state index >= 15 is 0 Å². The lowest BCUT2D eigenvalue weighted by atomic mass is 10.2. The fraction of sp³-hybridized carbons (Fsp3) is 0.800. The summed E-state index contributed by atoms with van der Waals surface area (Å²) in [5, 5.41) is 8.23. The van der Waals surface area contributed by atoms with Crippen molar-refractivity contribution in [3.8, 4) is 0 Å². The van der Waals surface area contributed by atoms with Gasteiger partial charge in [0, 0.05) is 0 Å². The molecule has 0 heterocycles. The zero-order valence-electron chi connectivity index (χ0n) is 5.09. The SMILES string of the molecule is CC(C)[C@H]([15NH2])[13C](=O)O. The molecule has 0 aromatic carbocycles. The van der Waals surface area contributed by atoms with Gasteiger partial charge in [-0.2, -0.15) is 0 Å². The Bertz CT molecular complexity index is 90.4. The molecule has 0 aromatic rings. The molecule has 0 unspecified atom stereocenters. The van der Waals surface area contributed by atoms with Gasteiger partial charge in [-0.3, -0.25) is 4.79 Å². The van der Waals surface area contributed by atoms with E-state index < -0.39 is 12.0 Å². The van der Waals surface area contributed by atoms with Gasteiger partial charge in [-0.05, 0) is 5.92 Å². The highest BCUT2D eigenvalue weighted by molar-refractivity contribution is 5.73. The molecular weight excluding hydrogens is 108 g/mol. The summed E-state index contributed by atoms with van der Waals surface area (Å²) in [6, 6.07) is -0.713.